The van der Waals surface area contributed by atoms with Crippen molar-refractivity contribution in [3.8, 4) is 0 Å². The average Bonchev–Trinajstić information content (AvgIpc) is 2.78. The molecular weight excluding hydrogens is 444 g/mol. The van der Waals surface area contributed by atoms with Crippen LogP contribution in [-0.2, 0) is 24.3 Å². The lowest BCUT2D eigenvalue weighted by atomic mass is 10.2. The van der Waals surface area contributed by atoms with Gasteiger partial charge >= 0.3 is 0 Å². The fourth-order valence-electron chi connectivity index (χ4n) is 3.55. The molecule has 1 heterocycles. The topological polar surface area (TPSA) is 99.3 Å². The molecule has 9 nitrogen and oxygen atoms in total. The second-order valence-corrected chi connectivity index (χ2v) is 9.91. The van der Waals surface area contributed by atoms with E-state index in [-0.39, 0.29) is 19.0 Å². The molecule has 1 fully saturated rings. The molecule has 0 radical (unpaired) electrons. The fraction of sp³-hybridized carbons (Fsp3) is 0.391. The minimum absolute atomic E-state index is 0.199. The van der Waals surface area contributed by atoms with Crippen molar-refractivity contribution in [3.63, 3.8) is 0 Å². The molecule has 0 unspecified atom stereocenters. The van der Waals surface area contributed by atoms with E-state index < -0.39 is 15.9 Å². The van der Waals surface area contributed by atoms with Gasteiger partial charge in [-0.3, -0.25) is 13.9 Å². The summed E-state index contributed by atoms with van der Waals surface area (Å²) in [6, 6.07) is 14.4. The number of benzene rings is 2. The van der Waals surface area contributed by atoms with Crippen LogP contribution in [0.4, 0.5) is 17.1 Å². The number of aryl methyl sites for hydroxylation is 1. The molecule has 1 aliphatic heterocycles. The Hall–Kier alpha value is -3.11. The number of hydrogen-bond donors (Lipinski definition) is 1. The van der Waals surface area contributed by atoms with E-state index in [0.717, 1.165) is 34.9 Å². The number of morpholine rings is 1. The van der Waals surface area contributed by atoms with Gasteiger partial charge in [0.2, 0.25) is 21.8 Å². The predicted molar refractivity (Wildman–Crippen MR) is 129 cm³/mol. The molecular formula is C23H30N4O5S. The van der Waals surface area contributed by atoms with Gasteiger partial charge in [-0.05, 0) is 42.8 Å². The van der Waals surface area contributed by atoms with Gasteiger partial charge in [0.25, 0.3) is 0 Å². The summed E-state index contributed by atoms with van der Waals surface area (Å²) in [4.78, 5) is 28.6. The highest BCUT2D eigenvalue weighted by atomic mass is 32.2. The van der Waals surface area contributed by atoms with Gasteiger partial charge in [-0.2, -0.15) is 0 Å². The molecule has 1 N–H and O–H groups in total. The van der Waals surface area contributed by atoms with E-state index >= 15 is 0 Å². The Morgan fingerprint density at radius 2 is 1.67 bits per heavy atom. The van der Waals surface area contributed by atoms with Crippen LogP contribution in [0.15, 0.2) is 48.5 Å². The molecule has 10 heteroatoms. The molecule has 0 aliphatic carbocycles. The predicted octanol–water partition coefficient (Wildman–Crippen LogP) is 1.69. The van der Waals surface area contributed by atoms with Crippen LogP contribution in [0.3, 0.4) is 0 Å². The molecule has 1 saturated heterocycles. The van der Waals surface area contributed by atoms with Crippen molar-refractivity contribution in [1.82, 2.24) is 4.90 Å². The molecule has 0 bridgehead atoms. The first-order chi connectivity index (χ1) is 15.6. The van der Waals surface area contributed by atoms with E-state index in [2.05, 4.69) is 10.2 Å². The van der Waals surface area contributed by atoms with E-state index in [9.17, 15) is 18.0 Å². The van der Waals surface area contributed by atoms with E-state index in [1.54, 1.807) is 31.2 Å². The molecule has 1 aliphatic rings. The molecule has 0 atom stereocenters. The monoisotopic (exact) mass is 474 g/mol. The Morgan fingerprint density at radius 1 is 1.03 bits per heavy atom. The zero-order valence-electron chi connectivity index (χ0n) is 19.2. The van der Waals surface area contributed by atoms with E-state index in [0.29, 0.717) is 24.6 Å². The standard InChI is InChI=1S/C23H30N4O5S/c1-18-6-4-5-7-21(18)27(33(3,30)31)17-23(29)25(2)16-22(28)24-19-8-10-20(11-9-19)26-12-14-32-15-13-26/h4-11H,12-17H2,1-3H3,(H,24,28). The van der Waals surface area contributed by atoms with Gasteiger partial charge < -0.3 is 19.9 Å². The zero-order chi connectivity index (χ0) is 24.0. The SMILES string of the molecule is Cc1ccccc1N(CC(=O)N(C)CC(=O)Nc1ccc(N2CCOCC2)cc1)S(C)(=O)=O. The Bertz CT molecular complexity index is 1080. The zero-order valence-corrected chi connectivity index (χ0v) is 20.0. The molecule has 0 spiro atoms. The molecule has 3 rings (SSSR count). The van der Waals surface area contributed by atoms with Gasteiger partial charge in [0.05, 0.1) is 31.7 Å². The van der Waals surface area contributed by atoms with Gasteiger partial charge in [0.15, 0.2) is 0 Å². The number of nitrogens with zero attached hydrogens (tertiary/aromatic N) is 3. The minimum Gasteiger partial charge on any atom is -0.378 e. The number of hydrogen-bond acceptors (Lipinski definition) is 6. The molecule has 0 aromatic heterocycles. The maximum Gasteiger partial charge on any atom is 0.243 e. The van der Waals surface area contributed by atoms with Crippen molar-refractivity contribution in [3.05, 3.63) is 54.1 Å². The van der Waals surface area contributed by atoms with Crippen molar-refractivity contribution in [1.29, 1.82) is 0 Å². The number of ether oxygens (including phenoxy) is 1. The van der Waals surface area contributed by atoms with Crippen LogP contribution < -0.4 is 14.5 Å². The summed E-state index contributed by atoms with van der Waals surface area (Å²) in [6.45, 7) is 4.23. The summed E-state index contributed by atoms with van der Waals surface area (Å²) in [5, 5.41) is 2.77. The Labute approximate surface area is 195 Å². The fourth-order valence-corrected chi connectivity index (χ4v) is 4.46. The third kappa shape index (κ3) is 6.69. The Morgan fingerprint density at radius 3 is 2.27 bits per heavy atom. The molecule has 2 amide bonds. The number of para-hydroxylation sites is 1. The number of likely N-dealkylation sites (N-methyl/N-ethyl adjacent to an activating group) is 1. The van der Waals surface area contributed by atoms with Crippen LogP contribution in [0, 0.1) is 6.92 Å². The number of carbonyl (C=O) groups excluding carboxylic acids is 2. The lowest BCUT2D eigenvalue weighted by molar-refractivity contribution is -0.131. The normalized spacial score (nSPS) is 14.0. The highest BCUT2D eigenvalue weighted by molar-refractivity contribution is 7.92. The smallest absolute Gasteiger partial charge is 0.243 e. The molecule has 2 aromatic carbocycles. The van der Waals surface area contributed by atoms with Crippen molar-refractivity contribution >= 4 is 38.9 Å². The van der Waals surface area contributed by atoms with E-state index in [1.807, 2.05) is 24.3 Å². The van der Waals surface area contributed by atoms with Crippen LogP contribution in [-0.4, -0.2) is 77.8 Å². The van der Waals surface area contributed by atoms with Crippen molar-refractivity contribution in [2.24, 2.45) is 0 Å². The van der Waals surface area contributed by atoms with Gasteiger partial charge in [0.1, 0.15) is 6.54 Å². The second kappa shape index (κ2) is 10.7. The quantitative estimate of drug-likeness (QED) is 0.625. The van der Waals surface area contributed by atoms with Gasteiger partial charge in [-0.25, -0.2) is 8.42 Å². The maximum atomic E-state index is 12.7. The summed E-state index contributed by atoms with van der Waals surface area (Å²) in [7, 11) is -2.21. The van der Waals surface area contributed by atoms with E-state index in [1.165, 1.54) is 11.9 Å². The summed E-state index contributed by atoms with van der Waals surface area (Å²) in [6.07, 6.45) is 1.06. The van der Waals surface area contributed by atoms with Gasteiger partial charge in [-0.1, -0.05) is 18.2 Å². The van der Waals surface area contributed by atoms with Crippen molar-refractivity contribution in [2.75, 3.05) is 67.2 Å². The van der Waals surface area contributed by atoms with Crippen LogP contribution in [0.1, 0.15) is 5.56 Å². The van der Waals surface area contributed by atoms with Crippen molar-refractivity contribution in [2.45, 2.75) is 6.92 Å². The lowest BCUT2D eigenvalue weighted by Crippen LogP contribution is -2.43. The number of nitrogens with one attached hydrogen (secondary N) is 1. The lowest BCUT2D eigenvalue weighted by Gasteiger charge is -2.29. The number of anilines is 3. The number of sulfonamides is 1. The third-order valence-electron chi connectivity index (χ3n) is 5.40. The van der Waals surface area contributed by atoms with E-state index in [4.69, 9.17) is 4.74 Å². The minimum atomic E-state index is -3.69. The Balaban J connectivity index is 1.58. The number of amides is 2. The highest BCUT2D eigenvalue weighted by Crippen LogP contribution is 2.22. The molecule has 0 saturated carbocycles. The van der Waals surface area contributed by atoms with Gasteiger partial charge in [0, 0.05) is 31.5 Å². The van der Waals surface area contributed by atoms with Crippen LogP contribution in [0.25, 0.3) is 0 Å². The second-order valence-electron chi connectivity index (χ2n) is 8.00. The maximum absolute atomic E-state index is 12.7. The molecule has 2 aromatic rings. The molecule has 33 heavy (non-hydrogen) atoms. The van der Waals surface area contributed by atoms with Crippen LogP contribution in [0.2, 0.25) is 0 Å². The van der Waals surface area contributed by atoms with Crippen molar-refractivity contribution < 1.29 is 22.7 Å². The first kappa shape index (κ1) is 24.5. The molecule has 178 valence electrons. The first-order valence-corrected chi connectivity index (χ1v) is 12.5. The largest absolute Gasteiger partial charge is 0.378 e. The Kier molecular flexibility index (Phi) is 7.93. The first-order valence-electron chi connectivity index (χ1n) is 10.6. The number of carbonyl (C=O) groups is 2. The van der Waals surface area contributed by atoms with Gasteiger partial charge in [-0.15, -0.1) is 0 Å². The number of rotatable bonds is 8. The highest BCUT2D eigenvalue weighted by Gasteiger charge is 2.24. The van der Waals surface area contributed by atoms with Crippen LogP contribution >= 0.6 is 0 Å². The summed E-state index contributed by atoms with van der Waals surface area (Å²) >= 11 is 0. The third-order valence-corrected chi connectivity index (χ3v) is 6.52. The summed E-state index contributed by atoms with van der Waals surface area (Å²) in [5.74, 6) is -0.853. The average molecular weight is 475 g/mol. The summed E-state index contributed by atoms with van der Waals surface area (Å²) in [5.41, 5.74) is 2.85. The van der Waals surface area contributed by atoms with Crippen LogP contribution in [0.5, 0.6) is 0 Å². The summed E-state index contributed by atoms with van der Waals surface area (Å²) < 4.78 is 31.0.